The van der Waals surface area contributed by atoms with E-state index in [4.69, 9.17) is 28.4 Å². The number of ether oxygens (including phenoxy) is 6. The van der Waals surface area contributed by atoms with Crippen LogP contribution in [-0.4, -0.2) is 65.9 Å². The molecule has 0 aliphatic carbocycles. The molecule has 2 aromatic rings. The molecule has 0 bridgehead atoms. The first-order valence-corrected chi connectivity index (χ1v) is 12.2. The number of hydrogen-bond acceptors (Lipinski definition) is 16. The predicted molar refractivity (Wildman–Crippen MR) is 135 cm³/mol. The normalized spacial score (nSPS) is 10.1. The average molecular weight is 599 g/mol. The number of hydrogen-bond donors (Lipinski definition) is 0. The van der Waals surface area contributed by atoms with Crippen LogP contribution in [0.5, 0.6) is 23.0 Å². The summed E-state index contributed by atoms with van der Waals surface area (Å²) in [5.41, 5.74) is -0.0417. The van der Waals surface area contributed by atoms with Crippen LogP contribution in [-0.2, 0) is 39.1 Å². The topological polar surface area (TPSA) is 179 Å². The monoisotopic (exact) mass is 598 g/mol. The lowest BCUT2D eigenvalue weighted by atomic mass is 10.2. The molecular weight excluding hydrogens is 568 g/mol. The van der Waals surface area contributed by atoms with E-state index in [0.717, 1.165) is 0 Å². The maximum absolute atomic E-state index is 12.1. The van der Waals surface area contributed by atoms with Crippen LogP contribution in [0, 0.1) is 0 Å². The predicted octanol–water partition coefficient (Wildman–Crippen LogP) is 4.29. The summed E-state index contributed by atoms with van der Waals surface area (Å²) in [5, 5.41) is 8.34. The quantitative estimate of drug-likeness (QED) is 0.109. The lowest BCUT2D eigenvalue weighted by Crippen LogP contribution is -2.13. The van der Waals surface area contributed by atoms with Crippen LogP contribution in [0.4, 0.5) is 9.59 Å². The lowest BCUT2D eigenvalue weighted by molar-refractivity contribution is -0.452. The fourth-order valence-electron chi connectivity index (χ4n) is 3.11. The summed E-state index contributed by atoms with van der Waals surface area (Å²) >= 11 is 0. The van der Waals surface area contributed by atoms with Crippen LogP contribution in [0.3, 0.4) is 0 Å². The van der Waals surface area contributed by atoms with Gasteiger partial charge in [-0.3, -0.25) is 9.78 Å². The average Bonchev–Trinajstić information content (AvgIpc) is 3.01. The molecule has 0 aromatic heterocycles. The van der Waals surface area contributed by atoms with Gasteiger partial charge in [-0.1, -0.05) is 0 Å². The minimum atomic E-state index is -1.22. The second-order valence-corrected chi connectivity index (χ2v) is 7.79. The van der Waals surface area contributed by atoms with Gasteiger partial charge in [0.15, 0.2) is 0 Å². The number of rotatable bonds is 17. The molecule has 230 valence electrons. The van der Waals surface area contributed by atoms with Crippen molar-refractivity contribution in [1.82, 2.24) is 0 Å². The molecule has 0 saturated heterocycles. The molecule has 2 aromatic carbocycles. The van der Waals surface area contributed by atoms with E-state index in [9.17, 15) is 19.2 Å². The number of carbonyl (C=O) groups is 4. The second kappa shape index (κ2) is 18.4. The van der Waals surface area contributed by atoms with E-state index < -0.39 is 24.2 Å². The van der Waals surface area contributed by atoms with Crippen molar-refractivity contribution in [2.45, 2.75) is 25.7 Å². The smallest absolute Gasteiger partial charge is 0.497 e. The van der Waals surface area contributed by atoms with Gasteiger partial charge in [0.1, 0.15) is 34.1 Å². The fourth-order valence-corrected chi connectivity index (χ4v) is 3.11. The zero-order valence-corrected chi connectivity index (χ0v) is 23.2. The summed E-state index contributed by atoms with van der Waals surface area (Å²) < 4.78 is 29.7. The molecule has 16 heteroatoms. The summed E-state index contributed by atoms with van der Waals surface area (Å²) in [5.74, 6) is -0.870. The molecule has 0 aliphatic heterocycles. The molecule has 16 nitrogen and oxygen atoms in total. The van der Waals surface area contributed by atoms with Crippen molar-refractivity contribution < 1.29 is 77.2 Å². The highest BCUT2D eigenvalue weighted by Crippen LogP contribution is 2.25. The van der Waals surface area contributed by atoms with Crippen LogP contribution in [0.15, 0.2) is 36.4 Å². The van der Waals surface area contributed by atoms with Gasteiger partial charge in [0.25, 0.3) is 0 Å². The van der Waals surface area contributed by atoms with E-state index in [2.05, 4.69) is 29.6 Å². The number of unbranched alkanes of at least 4 members (excludes halogenated alkanes) is 3. The zero-order chi connectivity index (χ0) is 30.7. The van der Waals surface area contributed by atoms with Crippen molar-refractivity contribution in [1.29, 1.82) is 0 Å². The van der Waals surface area contributed by atoms with Gasteiger partial charge in [-0.2, -0.15) is 0 Å². The molecule has 0 amide bonds. The maximum Gasteiger partial charge on any atom is 0.543 e. The SMILES string of the molecule is COc1ccc(OC)c(C(=O)OOOC(=O)OCCCCCCOC(=O)OOOC(=O)c2cc(OC)ccc2OC)c1. The van der Waals surface area contributed by atoms with Crippen molar-refractivity contribution in [3.63, 3.8) is 0 Å². The highest BCUT2D eigenvalue weighted by molar-refractivity contribution is 5.93. The van der Waals surface area contributed by atoms with Gasteiger partial charge in [0.05, 0.1) is 51.7 Å². The first-order chi connectivity index (χ1) is 20.3. The molecule has 0 saturated carbocycles. The van der Waals surface area contributed by atoms with Gasteiger partial charge in [-0.15, -0.1) is 0 Å². The van der Waals surface area contributed by atoms with Gasteiger partial charge in [0.2, 0.25) is 0 Å². The minimum Gasteiger partial charge on any atom is -0.497 e. The van der Waals surface area contributed by atoms with Crippen LogP contribution in [0.2, 0.25) is 0 Å². The molecule has 0 spiro atoms. The Labute approximate surface area is 239 Å². The lowest BCUT2D eigenvalue weighted by Gasteiger charge is -2.09. The van der Waals surface area contributed by atoms with Crippen molar-refractivity contribution in [3.8, 4) is 23.0 Å². The van der Waals surface area contributed by atoms with Gasteiger partial charge >= 0.3 is 24.2 Å². The first kappa shape index (κ1) is 33.2. The molecule has 0 atom stereocenters. The Balaban J connectivity index is 1.50. The van der Waals surface area contributed by atoms with Crippen LogP contribution in [0.25, 0.3) is 0 Å². The highest BCUT2D eigenvalue weighted by Gasteiger charge is 2.19. The molecule has 0 heterocycles. The second-order valence-electron chi connectivity index (χ2n) is 7.79. The summed E-state index contributed by atoms with van der Waals surface area (Å²) in [7, 11) is 5.54. The highest BCUT2D eigenvalue weighted by atomic mass is 17.5. The molecule has 42 heavy (non-hydrogen) atoms. The Morgan fingerprint density at radius 1 is 0.524 bits per heavy atom. The Hall–Kier alpha value is -4.96. The Morgan fingerprint density at radius 2 is 0.929 bits per heavy atom. The summed E-state index contributed by atoms with van der Waals surface area (Å²) in [6, 6.07) is 8.82. The van der Waals surface area contributed by atoms with Gasteiger partial charge in [-0.05, 0) is 62.1 Å². The van der Waals surface area contributed by atoms with Crippen molar-refractivity contribution >= 4 is 24.2 Å². The standard InChI is InChI=1S/C26H30O16/c1-31-17-9-11-21(33-3)19(15-17)23(27)37-41-39-25(29)35-13-7-5-6-8-14-36-26(30)40-42-38-24(28)20-16-18(32-2)10-12-22(20)34-4/h9-12,15-16H,5-8,13-14H2,1-4H3. The summed E-state index contributed by atoms with van der Waals surface area (Å²) in [4.78, 5) is 64.5. The first-order valence-electron chi connectivity index (χ1n) is 12.2. The van der Waals surface area contributed by atoms with E-state index in [1.807, 2.05) is 0 Å². The maximum atomic E-state index is 12.1. The molecule has 0 unspecified atom stereocenters. The van der Waals surface area contributed by atoms with Crippen LogP contribution in [0.1, 0.15) is 46.4 Å². The number of benzene rings is 2. The Morgan fingerprint density at radius 3 is 1.29 bits per heavy atom. The van der Waals surface area contributed by atoms with Gasteiger partial charge in [0, 0.05) is 0 Å². The van der Waals surface area contributed by atoms with E-state index >= 15 is 0 Å². The molecule has 0 radical (unpaired) electrons. The minimum absolute atomic E-state index is 0.0139. The molecular formula is C26H30O16. The Bertz CT molecular complexity index is 1090. The van der Waals surface area contributed by atoms with E-state index in [0.29, 0.717) is 37.2 Å². The van der Waals surface area contributed by atoms with E-state index in [-0.39, 0.29) is 35.8 Å². The number of carbonyl (C=O) groups excluding carboxylic acids is 4. The number of methoxy groups -OCH3 is 4. The van der Waals surface area contributed by atoms with E-state index in [1.54, 1.807) is 12.1 Å². The zero-order valence-electron chi connectivity index (χ0n) is 23.2. The summed E-state index contributed by atoms with van der Waals surface area (Å²) in [6.07, 6.45) is -0.337. The molecule has 0 N–H and O–H groups in total. The Kier molecular flexibility index (Phi) is 14.6. The van der Waals surface area contributed by atoms with Gasteiger partial charge in [-0.25, -0.2) is 29.0 Å². The van der Waals surface area contributed by atoms with Gasteiger partial charge < -0.3 is 28.4 Å². The van der Waals surface area contributed by atoms with Crippen molar-refractivity contribution in [2.24, 2.45) is 0 Å². The van der Waals surface area contributed by atoms with Crippen molar-refractivity contribution in [3.05, 3.63) is 47.5 Å². The molecule has 2 rings (SSSR count). The largest absolute Gasteiger partial charge is 0.543 e. The summed E-state index contributed by atoms with van der Waals surface area (Å²) in [6.45, 7) is -0.0277. The van der Waals surface area contributed by atoms with Crippen molar-refractivity contribution in [2.75, 3.05) is 41.7 Å². The van der Waals surface area contributed by atoms with Crippen LogP contribution < -0.4 is 18.9 Å². The third-order valence-electron chi connectivity index (χ3n) is 5.16. The fraction of sp³-hybridized carbons (Fsp3) is 0.385. The molecule has 0 aliphatic rings. The third kappa shape index (κ3) is 11.3. The van der Waals surface area contributed by atoms with E-state index in [1.165, 1.54) is 52.7 Å². The molecule has 0 fully saturated rings. The third-order valence-corrected chi connectivity index (χ3v) is 5.16. The van der Waals surface area contributed by atoms with Crippen LogP contribution >= 0.6 is 0 Å².